The van der Waals surface area contributed by atoms with Gasteiger partial charge in [-0.3, -0.25) is 14.0 Å². The van der Waals surface area contributed by atoms with E-state index in [9.17, 15) is 9.59 Å². The van der Waals surface area contributed by atoms with E-state index in [4.69, 9.17) is 0 Å². The van der Waals surface area contributed by atoms with Crippen LogP contribution in [-0.4, -0.2) is 50.4 Å². The van der Waals surface area contributed by atoms with Crippen LogP contribution in [0.3, 0.4) is 0 Å². The lowest BCUT2D eigenvalue weighted by molar-refractivity contribution is -0.123. The summed E-state index contributed by atoms with van der Waals surface area (Å²) in [4.78, 5) is 25.9. The Kier molecular flexibility index (Phi) is 3.09. The van der Waals surface area contributed by atoms with Gasteiger partial charge >= 0.3 is 0 Å². The summed E-state index contributed by atoms with van der Waals surface area (Å²) < 4.78 is 1.69. The molecule has 20 heavy (non-hydrogen) atoms. The molecule has 0 aliphatic carbocycles. The zero-order chi connectivity index (χ0) is 14.1. The lowest BCUT2D eigenvalue weighted by Crippen LogP contribution is -2.44. The third-order valence-corrected chi connectivity index (χ3v) is 3.54. The van der Waals surface area contributed by atoms with E-state index in [0.717, 1.165) is 0 Å². The minimum Gasteiger partial charge on any atom is -0.354 e. The highest BCUT2D eigenvalue weighted by Gasteiger charge is 2.32. The normalized spacial score (nSPS) is 18.2. The van der Waals surface area contributed by atoms with E-state index in [1.54, 1.807) is 34.0 Å². The first-order valence-corrected chi connectivity index (χ1v) is 6.59. The van der Waals surface area contributed by atoms with Gasteiger partial charge in [0.25, 0.3) is 5.91 Å². The van der Waals surface area contributed by atoms with Crippen molar-refractivity contribution in [3.05, 3.63) is 30.2 Å². The first kappa shape index (κ1) is 12.6. The van der Waals surface area contributed by atoms with Crippen LogP contribution in [0.4, 0.5) is 0 Å². The van der Waals surface area contributed by atoms with Crippen LogP contribution in [-0.2, 0) is 4.79 Å². The van der Waals surface area contributed by atoms with Crippen molar-refractivity contribution < 1.29 is 9.59 Å². The molecule has 0 aromatic carbocycles. The van der Waals surface area contributed by atoms with Crippen LogP contribution in [0.1, 0.15) is 23.7 Å². The van der Waals surface area contributed by atoms with Crippen LogP contribution in [0, 0.1) is 0 Å². The molecule has 0 saturated carbocycles. The van der Waals surface area contributed by atoms with Crippen LogP contribution in [0.2, 0.25) is 0 Å². The van der Waals surface area contributed by atoms with E-state index in [2.05, 4.69) is 15.5 Å². The highest BCUT2D eigenvalue weighted by molar-refractivity contribution is 5.98. The third kappa shape index (κ3) is 2.01. The molecule has 0 bridgehead atoms. The maximum Gasteiger partial charge on any atom is 0.256 e. The van der Waals surface area contributed by atoms with Gasteiger partial charge in [-0.1, -0.05) is 0 Å². The van der Waals surface area contributed by atoms with Gasteiger partial charge in [0.1, 0.15) is 12.4 Å². The van der Waals surface area contributed by atoms with Gasteiger partial charge in [0, 0.05) is 19.3 Å². The number of nitrogens with zero attached hydrogens (tertiary/aromatic N) is 4. The standard InChI is InChI=1S/C13H15N5O2/c1-2-18(10-5-6-14-12(10)19)13(20)9-3-4-11-16-15-8-17(11)7-9/h3-4,7-8,10H,2,5-6H2,1H3,(H,14,19). The molecule has 7 nitrogen and oxygen atoms in total. The topological polar surface area (TPSA) is 79.6 Å². The van der Waals surface area contributed by atoms with Crippen molar-refractivity contribution in [3.63, 3.8) is 0 Å². The zero-order valence-corrected chi connectivity index (χ0v) is 11.1. The van der Waals surface area contributed by atoms with Gasteiger partial charge in [0.05, 0.1) is 5.56 Å². The van der Waals surface area contributed by atoms with E-state index in [-0.39, 0.29) is 17.9 Å². The van der Waals surface area contributed by atoms with E-state index in [0.29, 0.717) is 30.7 Å². The number of aromatic nitrogens is 3. The number of rotatable bonds is 3. The fourth-order valence-electron chi connectivity index (χ4n) is 2.50. The largest absolute Gasteiger partial charge is 0.354 e. The predicted molar refractivity (Wildman–Crippen MR) is 71.1 cm³/mol. The monoisotopic (exact) mass is 273 g/mol. The average Bonchev–Trinajstić information content (AvgIpc) is 3.08. The van der Waals surface area contributed by atoms with Crippen molar-refractivity contribution in [2.45, 2.75) is 19.4 Å². The number of hydrogen-bond donors (Lipinski definition) is 1. The average molecular weight is 273 g/mol. The summed E-state index contributed by atoms with van der Waals surface area (Å²) in [5.74, 6) is -0.226. The van der Waals surface area contributed by atoms with Gasteiger partial charge in [-0.25, -0.2) is 0 Å². The second-order valence-corrected chi connectivity index (χ2v) is 4.70. The van der Waals surface area contributed by atoms with Crippen LogP contribution in [0.5, 0.6) is 0 Å². The Morgan fingerprint density at radius 3 is 3.10 bits per heavy atom. The molecule has 1 saturated heterocycles. The molecule has 1 atom stereocenters. The zero-order valence-electron chi connectivity index (χ0n) is 11.1. The Morgan fingerprint density at radius 2 is 2.40 bits per heavy atom. The number of carbonyl (C=O) groups is 2. The molecule has 3 heterocycles. The molecule has 1 fully saturated rings. The maximum absolute atomic E-state index is 12.6. The predicted octanol–water partition coefficient (Wildman–Crippen LogP) is 0.0799. The number of nitrogens with one attached hydrogen (secondary N) is 1. The Labute approximate surface area is 115 Å². The van der Waals surface area contributed by atoms with Gasteiger partial charge in [-0.15, -0.1) is 10.2 Å². The Hall–Kier alpha value is -2.44. The first-order chi connectivity index (χ1) is 9.70. The quantitative estimate of drug-likeness (QED) is 0.859. The molecule has 2 aromatic rings. The molecule has 1 N–H and O–H groups in total. The molecule has 1 aliphatic rings. The Morgan fingerprint density at radius 1 is 1.55 bits per heavy atom. The molecule has 3 rings (SSSR count). The number of carbonyl (C=O) groups excluding carboxylic acids is 2. The number of hydrogen-bond acceptors (Lipinski definition) is 4. The van der Waals surface area contributed by atoms with E-state index in [1.165, 1.54) is 0 Å². The van der Waals surface area contributed by atoms with Crippen molar-refractivity contribution in [1.82, 2.24) is 24.8 Å². The fourth-order valence-corrected chi connectivity index (χ4v) is 2.50. The van der Waals surface area contributed by atoms with Crippen LogP contribution in [0.25, 0.3) is 5.65 Å². The van der Waals surface area contributed by atoms with E-state index >= 15 is 0 Å². The molecular formula is C13H15N5O2. The smallest absolute Gasteiger partial charge is 0.256 e. The Balaban J connectivity index is 1.90. The van der Waals surface area contributed by atoms with Crippen LogP contribution >= 0.6 is 0 Å². The fraction of sp³-hybridized carbons (Fsp3) is 0.385. The third-order valence-electron chi connectivity index (χ3n) is 3.54. The molecule has 0 radical (unpaired) electrons. The molecule has 1 unspecified atom stereocenters. The summed E-state index contributed by atoms with van der Waals surface area (Å²) in [6.45, 7) is 3.00. The van der Waals surface area contributed by atoms with Crippen molar-refractivity contribution >= 4 is 17.5 Å². The summed E-state index contributed by atoms with van der Waals surface area (Å²) in [5, 5.41) is 10.4. The number of fused-ring (bicyclic) bond motifs is 1. The molecule has 2 amide bonds. The SMILES string of the molecule is CCN(C(=O)c1ccc2nncn2c1)C1CCNC1=O. The van der Waals surface area contributed by atoms with Gasteiger partial charge in [0.15, 0.2) is 5.65 Å². The van der Waals surface area contributed by atoms with E-state index in [1.807, 2.05) is 6.92 Å². The molecule has 0 spiro atoms. The summed E-state index contributed by atoms with van der Waals surface area (Å²) in [5.41, 5.74) is 1.21. The maximum atomic E-state index is 12.6. The Bertz CT molecular complexity index is 666. The lowest BCUT2D eigenvalue weighted by Gasteiger charge is -2.25. The summed E-state index contributed by atoms with van der Waals surface area (Å²) >= 11 is 0. The molecule has 1 aliphatic heterocycles. The first-order valence-electron chi connectivity index (χ1n) is 6.59. The van der Waals surface area contributed by atoms with Gasteiger partial charge in [-0.05, 0) is 25.5 Å². The molecule has 104 valence electrons. The van der Waals surface area contributed by atoms with Crippen molar-refractivity contribution in [2.24, 2.45) is 0 Å². The minimum absolute atomic E-state index is 0.0782. The summed E-state index contributed by atoms with van der Waals surface area (Å²) in [7, 11) is 0. The lowest BCUT2D eigenvalue weighted by atomic mass is 10.1. The second-order valence-electron chi connectivity index (χ2n) is 4.70. The van der Waals surface area contributed by atoms with Gasteiger partial charge in [0.2, 0.25) is 5.91 Å². The van der Waals surface area contributed by atoms with Crippen molar-refractivity contribution in [3.8, 4) is 0 Å². The van der Waals surface area contributed by atoms with E-state index < -0.39 is 0 Å². The van der Waals surface area contributed by atoms with Crippen LogP contribution in [0.15, 0.2) is 24.7 Å². The number of amides is 2. The second kappa shape index (κ2) is 4.92. The summed E-state index contributed by atoms with van der Waals surface area (Å²) in [6.07, 6.45) is 3.89. The molecule has 7 heteroatoms. The highest BCUT2D eigenvalue weighted by Crippen LogP contribution is 2.14. The van der Waals surface area contributed by atoms with Crippen LogP contribution < -0.4 is 5.32 Å². The van der Waals surface area contributed by atoms with Gasteiger partial charge in [-0.2, -0.15) is 0 Å². The minimum atomic E-state index is -0.371. The van der Waals surface area contributed by atoms with Crippen molar-refractivity contribution in [2.75, 3.05) is 13.1 Å². The molecule has 2 aromatic heterocycles. The van der Waals surface area contributed by atoms with Crippen molar-refractivity contribution in [1.29, 1.82) is 0 Å². The number of likely N-dealkylation sites (N-methyl/N-ethyl adjacent to an activating group) is 1. The molecular weight excluding hydrogens is 258 g/mol. The number of pyridine rings is 1. The highest BCUT2D eigenvalue weighted by atomic mass is 16.2. The van der Waals surface area contributed by atoms with Gasteiger partial charge < -0.3 is 10.2 Å². The summed E-state index contributed by atoms with van der Waals surface area (Å²) in [6, 6.07) is 3.08.